The normalized spacial score (nSPS) is 18.9. The number of aromatic nitrogens is 2. The molecule has 0 N–H and O–H groups in total. The van der Waals surface area contributed by atoms with E-state index in [1.54, 1.807) is 11.7 Å². The van der Waals surface area contributed by atoms with Gasteiger partial charge in [0.1, 0.15) is 5.69 Å². The van der Waals surface area contributed by atoms with Crippen LogP contribution in [-0.2, 0) is 11.3 Å². The fourth-order valence-corrected chi connectivity index (χ4v) is 4.23. The summed E-state index contributed by atoms with van der Waals surface area (Å²) in [6, 6.07) is 8.84. The highest BCUT2D eigenvalue weighted by Crippen LogP contribution is 2.23. The number of amides is 3. The molecule has 0 spiro atoms. The van der Waals surface area contributed by atoms with Gasteiger partial charge in [0, 0.05) is 7.05 Å². The van der Waals surface area contributed by atoms with Crippen LogP contribution in [0, 0.1) is 26.7 Å². The Kier molecular flexibility index (Phi) is 5.24. The quantitative estimate of drug-likeness (QED) is 0.712. The second kappa shape index (κ2) is 7.76. The second-order valence-corrected chi connectivity index (χ2v) is 8.81. The lowest BCUT2D eigenvalue weighted by Gasteiger charge is -2.34. The van der Waals surface area contributed by atoms with Gasteiger partial charge < -0.3 is 0 Å². The molecule has 0 bridgehead atoms. The maximum atomic E-state index is 13.6. The molecule has 4 rings (SSSR count). The number of hydrogen-bond acceptors (Lipinski definition) is 4. The van der Waals surface area contributed by atoms with E-state index in [0.717, 1.165) is 22.5 Å². The summed E-state index contributed by atoms with van der Waals surface area (Å²) in [7, 11) is 1.68. The molecule has 0 radical (unpaired) electrons. The first-order chi connectivity index (χ1) is 14.7. The number of amidine groups is 1. The molecule has 31 heavy (non-hydrogen) atoms. The molecule has 1 atom stereocenters. The maximum Gasteiger partial charge on any atom is 0.421 e. The molecule has 3 amide bonds. The van der Waals surface area contributed by atoms with Crippen LogP contribution in [-0.4, -0.2) is 67.5 Å². The van der Waals surface area contributed by atoms with Crippen LogP contribution < -0.4 is 0 Å². The van der Waals surface area contributed by atoms with Gasteiger partial charge in [-0.05, 0) is 38.3 Å². The van der Waals surface area contributed by atoms with Crippen molar-refractivity contribution in [2.24, 2.45) is 10.9 Å². The Hall–Kier alpha value is -3.29. The standard InChI is InChI=1S/C23H29N6O2/c1-14(2)12-27-19-20(24-22(27)29-17(5)11-16(4)25-29)26(6)23(31)28(21(19)30)13-18-9-7-8-15(3)10-18/h7-11,14,19H,12-13H2,1-6H3/q+1. The van der Waals surface area contributed by atoms with Gasteiger partial charge >= 0.3 is 12.0 Å². The van der Waals surface area contributed by atoms with Crippen LogP contribution in [0.3, 0.4) is 0 Å². The first-order valence-electron chi connectivity index (χ1n) is 10.6. The third kappa shape index (κ3) is 3.66. The lowest BCUT2D eigenvalue weighted by Crippen LogP contribution is -2.62. The minimum atomic E-state index is -0.645. The minimum Gasteiger partial charge on any atom is -0.270 e. The molecule has 2 aliphatic rings. The molecule has 1 aromatic heterocycles. The molecular formula is C23H29N6O2+. The molecule has 1 saturated heterocycles. The van der Waals surface area contributed by atoms with Gasteiger partial charge in [0.15, 0.2) is 0 Å². The number of hydrogen-bond donors (Lipinski definition) is 0. The Labute approximate surface area is 182 Å². The van der Waals surface area contributed by atoms with Gasteiger partial charge in [-0.15, -0.1) is 9.78 Å². The highest BCUT2D eigenvalue weighted by Gasteiger charge is 2.53. The number of nitrogens with zero attached hydrogens (tertiary/aromatic N) is 6. The summed E-state index contributed by atoms with van der Waals surface area (Å²) in [4.78, 5) is 34.3. The van der Waals surface area contributed by atoms with E-state index in [0.29, 0.717) is 24.3 Å². The van der Waals surface area contributed by atoms with Crippen LogP contribution in [0.15, 0.2) is 35.3 Å². The van der Waals surface area contributed by atoms with E-state index in [9.17, 15) is 9.59 Å². The Balaban J connectivity index is 1.78. The summed E-state index contributed by atoms with van der Waals surface area (Å²) in [6.07, 6.45) is 0. The number of rotatable bonds is 4. The highest BCUT2D eigenvalue weighted by molar-refractivity contribution is 6.22. The van der Waals surface area contributed by atoms with Crippen molar-refractivity contribution >= 4 is 23.7 Å². The number of urea groups is 1. The Morgan fingerprint density at radius 1 is 1.13 bits per heavy atom. The summed E-state index contributed by atoms with van der Waals surface area (Å²) in [5.41, 5.74) is 3.82. The number of carbonyl (C=O) groups excluding carboxylic acids is 2. The average Bonchev–Trinajstić information content (AvgIpc) is 3.22. The summed E-state index contributed by atoms with van der Waals surface area (Å²) in [6.45, 7) is 10.9. The molecule has 8 heteroatoms. The van der Waals surface area contributed by atoms with Gasteiger partial charge in [-0.25, -0.2) is 9.37 Å². The third-order valence-corrected chi connectivity index (χ3v) is 5.57. The average molecular weight is 422 g/mol. The van der Waals surface area contributed by atoms with Crippen LogP contribution in [0.5, 0.6) is 0 Å². The highest BCUT2D eigenvalue weighted by atomic mass is 16.2. The van der Waals surface area contributed by atoms with Crippen molar-refractivity contribution in [3.8, 4) is 0 Å². The van der Waals surface area contributed by atoms with Crippen molar-refractivity contribution in [1.29, 1.82) is 0 Å². The van der Waals surface area contributed by atoms with Gasteiger partial charge in [0.2, 0.25) is 11.9 Å². The molecule has 1 unspecified atom stereocenters. The van der Waals surface area contributed by atoms with E-state index in [2.05, 4.69) is 18.9 Å². The van der Waals surface area contributed by atoms with Gasteiger partial charge in [-0.1, -0.05) is 48.7 Å². The van der Waals surface area contributed by atoms with Gasteiger partial charge in [0.25, 0.3) is 5.91 Å². The molecule has 8 nitrogen and oxygen atoms in total. The zero-order chi connectivity index (χ0) is 22.4. The van der Waals surface area contributed by atoms with Crippen molar-refractivity contribution in [2.45, 2.75) is 47.2 Å². The number of aryl methyl sites for hydroxylation is 3. The summed E-state index contributed by atoms with van der Waals surface area (Å²) in [5.74, 6) is 1.09. The molecule has 1 fully saturated rings. The molecule has 2 aliphatic heterocycles. The number of fused-ring (bicyclic) bond motifs is 1. The van der Waals surface area contributed by atoms with E-state index < -0.39 is 6.04 Å². The maximum absolute atomic E-state index is 13.6. The van der Waals surface area contributed by atoms with E-state index in [-0.39, 0.29) is 18.5 Å². The lowest BCUT2D eigenvalue weighted by atomic mass is 10.1. The van der Waals surface area contributed by atoms with Crippen LogP contribution in [0.1, 0.15) is 36.4 Å². The lowest BCUT2D eigenvalue weighted by molar-refractivity contribution is -0.543. The number of benzene rings is 1. The van der Waals surface area contributed by atoms with E-state index in [4.69, 9.17) is 4.99 Å². The summed E-state index contributed by atoms with van der Waals surface area (Å²) >= 11 is 0. The zero-order valence-corrected chi connectivity index (χ0v) is 19.0. The number of carbonyl (C=O) groups is 2. The zero-order valence-electron chi connectivity index (χ0n) is 19.0. The smallest absolute Gasteiger partial charge is 0.270 e. The Morgan fingerprint density at radius 3 is 2.48 bits per heavy atom. The van der Waals surface area contributed by atoms with Gasteiger partial charge in [-0.3, -0.25) is 14.6 Å². The van der Waals surface area contributed by atoms with Crippen molar-refractivity contribution < 1.29 is 14.2 Å². The first kappa shape index (κ1) is 21.0. The van der Waals surface area contributed by atoms with E-state index in [1.807, 2.05) is 55.7 Å². The van der Waals surface area contributed by atoms with E-state index >= 15 is 0 Å². The molecule has 0 saturated carbocycles. The monoisotopic (exact) mass is 421 g/mol. The number of imide groups is 1. The molecule has 162 valence electrons. The van der Waals surface area contributed by atoms with Crippen LogP contribution >= 0.6 is 0 Å². The molecule has 0 aliphatic carbocycles. The van der Waals surface area contributed by atoms with Crippen molar-refractivity contribution in [3.05, 3.63) is 52.8 Å². The van der Waals surface area contributed by atoms with Crippen LogP contribution in [0.4, 0.5) is 4.79 Å². The molecule has 3 heterocycles. The number of aliphatic imine (C=N–C) groups is 1. The minimum absolute atomic E-state index is 0.234. The molecular weight excluding hydrogens is 392 g/mol. The SMILES string of the molecule is Cc1cccc(CN2C(=O)C3C(=NC(n4nc(C)cc4C)=[N+]3CC(C)C)N(C)C2=O)c1. The molecule has 1 aromatic carbocycles. The van der Waals surface area contributed by atoms with E-state index in [1.165, 1.54) is 9.80 Å². The first-order valence-corrected chi connectivity index (χ1v) is 10.6. The van der Waals surface area contributed by atoms with Crippen molar-refractivity contribution in [3.63, 3.8) is 0 Å². The second-order valence-electron chi connectivity index (χ2n) is 8.81. The van der Waals surface area contributed by atoms with Crippen LogP contribution in [0.25, 0.3) is 0 Å². The predicted octanol–water partition coefficient (Wildman–Crippen LogP) is 2.56. The molecule has 2 aromatic rings. The Morgan fingerprint density at radius 2 is 1.87 bits per heavy atom. The van der Waals surface area contributed by atoms with Gasteiger partial charge in [-0.2, -0.15) is 0 Å². The van der Waals surface area contributed by atoms with Crippen molar-refractivity contribution in [1.82, 2.24) is 19.6 Å². The summed E-state index contributed by atoms with van der Waals surface area (Å²) < 4.78 is 3.74. The van der Waals surface area contributed by atoms with Gasteiger partial charge in [0.05, 0.1) is 18.8 Å². The fraction of sp³-hybridized carbons (Fsp3) is 0.435. The summed E-state index contributed by atoms with van der Waals surface area (Å²) in [5, 5.41) is 4.58. The largest absolute Gasteiger partial charge is 0.421 e. The Bertz CT molecular complexity index is 1130. The fourth-order valence-electron chi connectivity index (χ4n) is 4.23. The van der Waals surface area contributed by atoms with Crippen molar-refractivity contribution in [2.75, 3.05) is 13.6 Å². The number of likely N-dealkylation sites (N-methyl/N-ethyl adjacent to an activating group) is 1. The third-order valence-electron chi connectivity index (χ3n) is 5.57. The van der Waals surface area contributed by atoms with Crippen LogP contribution in [0.2, 0.25) is 0 Å². The topological polar surface area (TPSA) is 73.8 Å². The predicted molar refractivity (Wildman–Crippen MR) is 118 cm³/mol.